The molecule has 0 saturated carbocycles. The first-order chi connectivity index (χ1) is 8.15. The maximum absolute atomic E-state index is 13.0. The third-order valence-electron chi connectivity index (χ3n) is 2.31. The Labute approximate surface area is 116 Å². The molecule has 4 heteroatoms. The fraction of sp³-hybridized carbons (Fsp3) is 0.0769. The number of anilines is 1. The predicted molar refractivity (Wildman–Crippen MR) is 75.6 cm³/mol. The third-order valence-corrected chi connectivity index (χ3v) is 3.41. The van der Waals surface area contributed by atoms with E-state index in [9.17, 15) is 4.39 Å². The summed E-state index contributed by atoms with van der Waals surface area (Å²) in [6.45, 7) is 0.662. The van der Waals surface area contributed by atoms with Gasteiger partial charge in [0.2, 0.25) is 0 Å². The molecular formula is C13H10Br2FN. The molecule has 2 rings (SSSR count). The monoisotopic (exact) mass is 357 g/mol. The first-order valence-corrected chi connectivity index (χ1v) is 6.67. The van der Waals surface area contributed by atoms with Gasteiger partial charge in [0.1, 0.15) is 5.82 Å². The highest BCUT2D eigenvalue weighted by atomic mass is 79.9. The van der Waals surface area contributed by atoms with E-state index >= 15 is 0 Å². The Morgan fingerprint density at radius 3 is 2.59 bits per heavy atom. The minimum atomic E-state index is -0.240. The molecule has 0 aliphatic carbocycles. The van der Waals surface area contributed by atoms with Gasteiger partial charge in [-0.2, -0.15) is 0 Å². The van der Waals surface area contributed by atoms with E-state index in [1.54, 1.807) is 12.1 Å². The molecule has 0 spiro atoms. The zero-order valence-corrected chi connectivity index (χ0v) is 12.1. The van der Waals surface area contributed by atoms with Gasteiger partial charge in [0, 0.05) is 16.7 Å². The van der Waals surface area contributed by atoms with Crippen LogP contribution in [0, 0.1) is 5.82 Å². The SMILES string of the molecule is Fc1ccc(CNc2cccc(Br)c2)cc1Br. The largest absolute Gasteiger partial charge is 0.381 e. The molecule has 17 heavy (non-hydrogen) atoms. The summed E-state index contributed by atoms with van der Waals surface area (Å²) in [5.74, 6) is -0.240. The Hall–Kier alpha value is -0.870. The van der Waals surface area contributed by atoms with Gasteiger partial charge in [0.25, 0.3) is 0 Å². The molecule has 0 saturated heterocycles. The molecule has 0 heterocycles. The minimum Gasteiger partial charge on any atom is -0.381 e. The number of nitrogens with one attached hydrogen (secondary N) is 1. The van der Waals surface area contributed by atoms with E-state index in [0.29, 0.717) is 11.0 Å². The molecule has 1 N–H and O–H groups in total. The maximum Gasteiger partial charge on any atom is 0.137 e. The van der Waals surface area contributed by atoms with Gasteiger partial charge in [-0.3, -0.25) is 0 Å². The first kappa shape index (κ1) is 12.6. The van der Waals surface area contributed by atoms with Gasteiger partial charge < -0.3 is 5.32 Å². The molecule has 88 valence electrons. The van der Waals surface area contributed by atoms with Crippen molar-refractivity contribution < 1.29 is 4.39 Å². The number of rotatable bonds is 3. The number of hydrogen-bond acceptors (Lipinski definition) is 1. The van der Waals surface area contributed by atoms with E-state index in [0.717, 1.165) is 15.7 Å². The molecule has 0 fully saturated rings. The van der Waals surface area contributed by atoms with Gasteiger partial charge in [0.15, 0.2) is 0 Å². The van der Waals surface area contributed by atoms with Crippen molar-refractivity contribution in [3.8, 4) is 0 Å². The van der Waals surface area contributed by atoms with Crippen LogP contribution in [0.25, 0.3) is 0 Å². The smallest absolute Gasteiger partial charge is 0.137 e. The number of benzene rings is 2. The molecule has 0 radical (unpaired) electrons. The summed E-state index contributed by atoms with van der Waals surface area (Å²) in [5, 5.41) is 3.28. The zero-order chi connectivity index (χ0) is 12.3. The lowest BCUT2D eigenvalue weighted by molar-refractivity contribution is 0.620. The minimum absolute atomic E-state index is 0.240. The second-order valence-corrected chi connectivity index (χ2v) is 5.38. The second-order valence-electron chi connectivity index (χ2n) is 3.61. The lowest BCUT2D eigenvalue weighted by Gasteiger charge is -2.07. The van der Waals surface area contributed by atoms with Gasteiger partial charge in [-0.05, 0) is 51.8 Å². The van der Waals surface area contributed by atoms with Crippen LogP contribution < -0.4 is 5.32 Å². The highest BCUT2D eigenvalue weighted by Gasteiger charge is 2.00. The molecule has 0 unspecified atom stereocenters. The fourth-order valence-corrected chi connectivity index (χ4v) is 2.28. The number of hydrogen-bond donors (Lipinski definition) is 1. The van der Waals surface area contributed by atoms with Gasteiger partial charge in [0.05, 0.1) is 4.47 Å². The standard InChI is InChI=1S/C13H10Br2FN/c14-10-2-1-3-11(7-10)17-8-9-4-5-13(16)12(15)6-9/h1-7,17H,8H2. The van der Waals surface area contributed by atoms with Crippen molar-refractivity contribution in [1.82, 2.24) is 0 Å². The topological polar surface area (TPSA) is 12.0 Å². The van der Waals surface area contributed by atoms with Crippen molar-refractivity contribution in [3.63, 3.8) is 0 Å². The van der Waals surface area contributed by atoms with Gasteiger partial charge in [-0.15, -0.1) is 0 Å². The Kier molecular flexibility index (Phi) is 4.18. The zero-order valence-electron chi connectivity index (χ0n) is 8.88. The average molecular weight is 359 g/mol. The Morgan fingerprint density at radius 2 is 1.88 bits per heavy atom. The lowest BCUT2D eigenvalue weighted by Crippen LogP contribution is -1.99. The third kappa shape index (κ3) is 3.54. The highest BCUT2D eigenvalue weighted by molar-refractivity contribution is 9.10. The average Bonchev–Trinajstić information content (AvgIpc) is 2.31. The van der Waals surface area contributed by atoms with Crippen LogP contribution in [0.4, 0.5) is 10.1 Å². The molecule has 1 nitrogen and oxygen atoms in total. The van der Waals surface area contributed by atoms with Crippen molar-refractivity contribution in [2.24, 2.45) is 0 Å². The maximum atomic E-state index is 13.0. The summed E-state index contributed by atoms with van der Waals surface area (Å²) in [4.78, 5) is 0. The summed E-state index contributed by atoms with van der Waals surface area (Å²) in [5.41, 5.74) is 2.05. The van der Waals surface area contributed by atoms with Crippen LogP contribution in [0.5, 0.6) is 0 Å². The van der Waals surface area contributed by atoms with Crippen LogP contribution in [0.3, 0.4) is 0 Å². The normalized spacial score (nSPS) is 10.3. The summed E-state index contributed by atoms with van der Waals surface area (Å²) in [7, 11) is 0. The van der Waals surface area contributed by atoms with Crippen molar-refractivity contribution in [1.29, 1.82) is 0 Å². The van der Waals surface area contributed by atoms with Crippen LogP contribution in [0.15, 0.2) is 51.4 Å². The van der Waals surface area contributed by atoms with E-state index in [1.165, 1.54) is 6.07 Å². The van der Waals surface area contributed by atoms with Crippen molar-refractivity contribution in [2.75, 3.05) is 5.32 Å². The summed E-state index contributed by atoms with van der Waals surface area (Å²) < 4.78 is 14.6. The van der Waals surface area contributed by atoms with E-state index in [4.69, 9.17) is 0 Å². The Bertz CT molecular complexity index is 529. The Morgan fingerprint density at radius 1 is 1.06 bits per heavy atom. The molecule has 0 aliphatic rings. The van der Waals surface area contributed by atoms with Gasteiger partial charge in [-0.1, -0.05) is 28.1 Å². The predicted octanol–water partition coefficient (Wildman–Crippen LogP) is 4.96. The molecule has 2 aromatic rings. The van der Waals surface area contributed by atoms with Gasteiger partial charge in [-0.25, -0.2) is 4.39 Å². The summed E-state index contributed by atoms with van der Waals surface area (Å²) >= 11 is 6.59. The molecule has 0 bridgehead atoms. The Balaban J connectivity index is 2.05. The van der Waals surface area contributed by atoms with Crippen LogP contribution in [-0.4, -0.2) is 0 Å². The second kappa shape index (κ2) is 5.65. The molecule has 0 aromatic heterocycles. The van der Waals surface area contributed by atoms with E-state index in [-0.39, 0.29) is 5.82 Å². The van der Waals surface area contributed by atoms with Crippen LogP contribution >= 0.6 is 31.9 Å². The fourth-order valence-electron chi connectivity index (χ4n) is 1.45. The molecule has 0 amide bonds. The van der Waals surface area contributed by atoms with Crippen molar-refractivity contribution >= 4 is 37.5 Å². The van der Waals surface area contributed by atoms with Crippen molar-refractivity contribution in [2.45, 2.75) is 6.54 Å². The lowest BCUT2D eigenvalue weighted by atomic mass is 10.2. The van der Waals surface area contributed by atoms with Gasteiger partial charge >= 0.3 is 0 Å². The van der Waals surface area contributed by atoms with E-state index in [1.807, 2.05) is 24.3 Å². The van der Waals surface area contributed by atoms with Crippen molar-refractivity contribution in [3.05, 3.63) is 62.8 Å². The first-order valence-electron chi connectivity index (χ1n) is 5.08. The molecule has 0 aliphatic heterocycles. The van der Waals surface area contributed by atoms with Crippen LogP contribution in [0.1, 0.15) is 5.56 Å². The number of halogens is 3. The van der Waals surface area contributed by atoms with Crippen LogP contribution in [-0.2, 0) is 6.54 Å². The molecule has 0 atom stereocenters. The van der Waals surface area contributed by atoms with E-state index < -0.39 is 0 Å². The molecular weight excluding hydrogens is 349 g/mol. The highest BCUT2D eigenvalue weighted by Crippen LogP contribution is 2.19. The summed E-state index contributed by atoms with van der Waals surface area (Å²) in [6, 6.07) is 12.9. The quantitative estimate of drug-likeness (QED) is 0.817. The van der Waals surface area contributed by atoms with E-state index in [2.05, 4.69) is 37.2 Å². The van der Waals surface area contributed by atoms with Crippen LogP contribution in [0.2, 0.25) is 0 Å². The summed E-state index contributed by atoms with van der Waals surface area (Å²) in [6.07, 6.45) is 0. The molecule has 2 aromatic carbocycles.